The predicted molar refractivity (Wildman–Crippen MR) is 71.1 cm³/mol. The third kappa shape index (κ3) is 3.02. The Labute approximate surface area is 109 Å². The van der Waals surface area contributed by atoms with Crippen molar-refractivity contribution in [3.8, 4) is 0 Å². The molecule has 0 aromatic carbocycles. The van der Waals surface area contributed by atoms with E-state index in [1.165, 1.54) is 0 Å². The molecule has 0 spiro atoms. The third-order valence-electron chi connectivity index (χ3n) is 3.82. The number of carbonyl (C=O) groups is 2. The summed E-state index contributed by atoms with van der Waals surface area (Å²) in [6.45, 7) is 8.34. The molecule has 1 aliphatic rings. The lowest BCUT2D eigenvalue weighted by molar-refractivity contribution is -0.145. The SMILES string of the molecule is CCNC(=O)CN(C)C(=O)C1(C(C)C)CCNC1. The fourth-order valence-electron chi connectivity index (χ4n) is 2.55. The van der Waals surface area contributed by atoms with E-state index in [0.29, 0.717) is 13.1 Å². The molecule has 5 heteroatoms. The maximum atomic E-state index is 12.6. The van der Waals surface area contributed by atoms with Gasteiger partial charge in [-0.25, -0.2) is 0 Å². The van der Waals surface area contributed by atoms with Gasteiger partial charge >= 0.3 is 0 Å². The van der Waals surface area contributed by atoms with Crippen LogP contribution in [-0.4, -0.2) is 49.9 Å². The number of hydrogen-bond acceptors (Lipinski definition) is 3. The molecule has 1 saturated heterocycles. The van der Waals surface area contributed by atoms with Gasteiger partial charge < -0.3 is 15.5 Å². The minimum atomic E-state index is -0.346. The van der Waals surface area contributed by atoms with E-state index in [9.17, 15) is 9.59 Å². The van der Waals surface area contributed by atoms with E-state index in [0.717, 1.165) is 13.0 Å². The zero-order chi connectivity index (χ0) is 13.8. The molecule has 1 aliphatic heterocycles. The second-order valence-corrected chi connectivity index (χ2v) is 5.35. The highest BCUT2D eigenvalue weighted by Gasteiger charge is 2.45. The molecule has 18 heavy (non-hydrogen) atoms. The van der Waals surface area contributed by atoms with E-state index >= 15 is 0 Å². The molecule has 2 amide bonds. The van der Waals surface area contributed by atoms with Crippen LogP contribution >= 0.6 is 0 Å². The first kappa shape index (κ1) is 15.0. The summed E-state index contributed by atoms with van der Waals surface area (Å²) in [6.07, 6.45) is 0.850. The van der Waals surface area contributed by atoms with Crippen molar-refractivity contribution in [1.29, 1.82) is 0 Å². The zero-order valence-corrected chi connectivity index (χ0v) is 11.9. The van der Waals surface area contributed by atoms with Crippen LogP contribution in [0.3, 0.4) is 0 Å². The van der Waals surface area contributed by atoms with Crippen molar-refractivity contribution in [2.75, 3.05) is 33.2 Å². The molecule has 1 heterocycles. The average Bonchev–Trinajstić information content (AvgIpc) is 2.78. The van der Waals surface area contributed by atoms with Crippen LogP contribution in [0.4, 0.5) is 0 Å². The number of amides is 2. The van der Waals surface area contributed by atoms with Crippen LogP contribution in [0.2, 0.25) is 0 Å². The van der Waals surface area contributed by atoms with Crippen molar-refractivity contribution < 1.29 is 9.59 Å². The normalized spacial score (nSPS) is 23.2. The van der Waals surface area contributed by atoms with Gasteiger partial charge in [0.25, 0.3) is 0 Å². The Morgan fingerprint density at radius 1 is 1.44 bits per heavy atom. The van der Waals surface area contributed by atoms with Gasteiger partial charge in [0, 0.05) is 20.1 Å². The highest BCUT2D eigenvalue weighted by molar-refractivity contribution is 5.88. The van der Waals surface area contributed by atoms with E-state index in [-0.39, 0.29) is 29.7 Å². The van der Waals surface area contributed by atoms with Crippen LogP contribution in [0.25, 0.3) is 0 Å². The van der Waals surface area contributed by atoms with Crippen LogP contribution in [-0.2, 0) is 9.59 Å². The minimum Gasteiger partial charge on any atom is -0.355 e. The van der Waals surface area contributed by atoms with Crippen molar-refractivity contribution in [1.82, 2.24) is 15.5 Å². The summed E-state index contributed by atoms with van der Waals surface area (Å²) in [5.41, 5.74) is -0.346. The lowest BCUT2D eigenvalue weighted by Crippen LogP contribution is -2.49. The Morgan fingerprint density at radius 2 is 2.11 bits per heavy atom. The smallest absolute Gasteiger partial charge is 0.239 e. The van der Waals surface area contributed by atoms with Gasteiger partial charge in [-0.3, -0.25) is 9.59 Å². The first-order chi connectivity index (χ1) is 8.44. The summed E-state index contributed by atoms with van der Waals surface area (Å²) in [7, 11) is 1.71. The van der Waals surface area contributed by atoms with E-state index in [1.807, 2.05) is 6.92 Å². The Balaban J connectivity index is 2.69. The second-order valence-electron chi connectivity index (χ2n) is 5.35. The summed E-state index contributed by atoms with van der Waals surface area (Å²) < 4.78 is 0. The molecular formula is C13H25N3O2. The number of rotatable bonds is 5. The zero-order valence-electron chi connectivity index (χ0n) is 11.9. The molecule has 1 rings (SSSR count). The maximum Gasteiger partial charge on any atom is 0.239 e. The minimum absolute atomic E-state index is 0.0775. The number of likely N-dealkylation sites (N-methyl/N-ethyl adjacent to an activating group) is 2. The number of hydrogen-bond donors (Lipinski definition) is 2. The van der Waals surface area contributed by atoms with Crippen molar-refractivity contribution in [3.63, 3.8) is 0 Å². The van der Waals surface area contributed by atoms with Gasteiger partial charge in [-0.15, -0.1) is 0 Å². The number of nitrogens with one attached hydrogen (secondary N) is 2. The highest BCUT2D eigenvalue weighted by Crippen LogP contribution is 2.35. The van der Waals surface area contributed by atoms with Gasteiger partial charge in [-0.05, 0) is 25.8 Å². The van der Waals surface area contributed by atoms with E-state index in [4.69, 9.17) is 0 Å². The fourth-order valence-corrected chi connectivity index (χ4v) is 2.55. The summed E-state index contributed by atoms with van der Waals surface area (Å²) in [5, 5.41) is 5.98. The van der Waals surface area contributed by atoms with Gasteiger partial charge in [0.2, 0.25) is 11.8 Å². The second kappa shape index (κ2) is 6.18. The molecule has 2 N–H and O–H groups in total. The standard InChI is InChI=1S/C13H25N3O2/c1-5-15-11(17)8-16(4)12(18)13(10(2)3)6-7-14-9-13/h10,14H,5-9H2,1-4H3,(H,15,17). The van der Waals surface area contributed by atoms with Crippen LogP contribution in [0.1, 0.15) is 27.2 Å². The molecule has 1 atom stereocenters. The van der Waals surface area contributed by atoms with Crippen LogP contribution < -0.4 is 10.6 Å². The summed E-state index contributed by atoms with van der Waals surface area (Å²) >= 11 is 0. The van der Waals surface area contributed by atoms with Crippen LogP contribution in [0.5, 0.6) is 0 Å². The Hall–Kier alpha value is -1.10. The average molecular weight is 255 g/mol. The monoisotopic (exact) mass is 255 g/mol. The lowest BCUT2D eigenvalue weighted by Gasteiger charge is -2.34. The summed E-state index contributed by atoms with van der Waals surface area (Å²) in [5.74, 6) is 0.253. The van der Waals surface area contributed by atoms with Crippen molar-refractivity contribution in [2.24, 2.45) is 11.3 Å². The largest absolute Gasteiger partial charge is 0.355 e. The highest BCUT2D eigenvalue weighted by atomic mass is 16.2. The maximum absolute atomic E-state index is 12.6. The molecule has 0 aromatic heterocycles. The lowest BCUT2D eigenvalue weighted by atomic mass is 9.75. The molecule has 0 aliphatic carbocycles. The van der Waals surface area contributed by atoms with Gasteiger partial charge in [0.15, 0.2) is 0 Å². The van der Waals surface area contributed by atoms with E-state index in [1.54, 1.807) is 11.9 Å². The first-order valence-electron chi connectivity index (χ1n) is 6.67. The van der Waals surface area contributed by atoms with E-state index in [2.05, 4.69) is 24.5 Å². The van der Waals surface area contributed by atoms with Crippen LogP contribution in [0, 0.1) is 11.3 Å². The molecule has 0 saturated carbocycles. The molecule has 1 unspecified atom stereocenters. The molecule has 0 aromatic rings. The van der Waals surface area contributed by atoms with Crippen molar-refractivity contribution in [2.45, 2.75) is 27.2 Å². The fraction of sp³-hybridized carbons (Fsp3) is 0.846. The van der Waals surface area contributed by atoms with Crippen molar-refractivity contribution >= 4 is 11.8 Å². The molecule has 1 fully saturated rings. The third-order valence-corrected chi connectivity index (χ3v) is 3.82. The molecule has 5 nitrogen and oxygen atoms in total. The quantitative estimate of drug-likeness (QED) is 0.738. The predicted octanol–water partition coefficient (Wildman–Crippen LogP) is 0.217. The molecule has 0 radical (unpaired) electrons. The number of nitrogens with zero attached hydrogens (tertiary/aromatic N) is 1. The van der Waals surface area contributed by atoms with E-state index < -0.39 is 0 Å². The van der Waals surface area contributed by atoms with Crippen molar-refractivity contribution in [3.05, 3.63) is 0 Å². The van der Waals surface area contributed by atoms with Gasteiger partial charge in [-0.1, -0.05) is 13.8 Å². The Kier molecular flexibility index (Phi) is 5.14. The topological polar surface area (TPSA) is 61.4 Å². The van der Waals surface area contributed by atoms with Crippen LogP contribution in [0.15, 0.2) is 0 Å². The Morgan fingerprint density at radius 3 is 2.56 bits per heavy atom. The van der Waals surface area contributed by atoms with Gasteiger partial charge in [0.1, 0.15) is 0 Å². The van der Waals surface area contributed by atoms with Gasteiger partial charge in [-0.2, -0.15) is 0 Å². The molecule has 0 bridgehead atoms. The Bertz CT molecular complexity index is 309. The summed E-state index contributed by atoms with van der Waals surface area (Å²) in [6, 6.07) is 0. The van der Waals surface area contributed by atoms with Gasteiger partial charge in [0.05, 0.1) is 12.0 Å². The first-order valence-corrected chi connectivity index (χ1v) is 6.67. The number of carbonyl (C=O) groups excluding carboxylic acids is 2. The summed E-state index contributed by atoms with van der Waals surface area (Å²) in [4.78, 5) is 25.6. The molecule has 104 valence electrons. The molecular weight excluding hydrogens is 230 g/mol.